The summed E-state index contributed by atoms with van der Waals surface area (Å²) in [5, 5.41) is 0. The van der Waals surface area contributed by atoms with Crippen LogP contribution in [0, 0.1) is 5.82 Å². The summed E-state index contributed by atoms with van der Waals surface area (Å²) in [5.41, 5.74) is 0.989. The maximum absolute atomic E-state index is 13.4. The minimum atomic E-state index is -3.75. The SMILES string of the molecule is COc1cc(S(=O)(=O)NCC2CCOc3ccccc32)ccc1F. The smallest absolute Gasteiger partial charge is 0.240 e. The lowest BCUT2D eigenvalue weighted by Gasteiger charge is -2.26. The van der Waals surface area contributed by atoms with Crippen molar-refractivity contribution >= 4 is 10.0 Å². The Balaban J connectivity index is 1.77. The van der Waals surface area contributed by atoms with E-state index in [-0.39, 0.29) is 23.1 Å². The Morgan fingerprint density at radius 2 is 2.08 bits per heavy atom. The van der Waals surface area contributed by atoms with Gasteiger partial charge in [-0.25, -0.2) is 17.5 Å². The molecule has 1 aliphatic heterocycles. The topological polar surface area (TPSA) is 64.6 Å². The van der Waals surface area contributed by atoms with Crippen LogP contribution in [0.1, 0.15) is 17.9 Å². The second-order valence-electron chi connectivity index (χ2n) is 5.52. The van der Waals surface area contributed by atoms with Crippen molar-refractivity contribution in [3.05, 3.63) is 53.8 Å². The van der Waals surface area contributed by atoms with E-state index < -0.39 is 15.8 Å². The van der Waals surface area contributed by atoms with Gasteiger partial charge in [0.05, 0.1) is 18.6 Å². The zero-order valence-electron chi connectivity index (χ0n) is 13.2. The number of nitrogens with one attached hydrogen (secondary N) is 1. The summed E-state index contributed by atoms with van der Waals surface area (Å²) in [5.74, 6) is 0.118. The molecule has 0 aromatic heterocycles. The van der Waals surface area contributed by atoms with Crippen LogP contribution >= 0.6 is 0 Å². The molecule has 128 valence electrons. The van der Waals surface area contributed by atoms with Crippen LogP contribution in [0.3, 0.4) is 0 Å². The first kappa shape index (κ1) is 16.7. The minimum absolute atomic E-state index is 0.0268. The van der Waals surface area contributed by atoms with E-state index >= 15 is 0 Å². The van der Waals surface area contributed by atoms with Crippen molar-refractivity contribution in [2.24, 2.45) is 0 Å². The maximum atomic E-state index is 13.4. The molecule has 1 N–H and O–H groups in total. The summed E-state index contributed by atoms with van der Waals surface area (Å²) in [7, 11) is -2.46. The van der Waals surface area contributed by atoms with Gasteiger partial charge in [-0.1, -0.05) is 18.2 Å². The van der Waals surface area contributed by atoms with Gasteiger partial charge in [0, 0.05) is 18.5 Å². The number of para-hydroxylation sites is 1. The standard InChI is InChI=1S/C17H18FNO4S/c1-22-17-10-13(6-7-15(17)18)24(20,21)19-11-12-8-9-23-16-5-3-2-4-14(12)16/h2-7,10,12,19H,8-9,11H2,1H3. The van der Waals surface area contributed by atoms with Crippen molar-refractivity contribution in [2.75, 3.05) is 20.3 Å². The molecule has 0 fully saturated rings. The molecule has 2 aromatic carbocycles. The van der Waals surface area contributed by atoms with E-state index in [1.165, 1.54) is 19.2 Å². The average molecular weight is 351 g/mol. The fourth-order valence-corrected chi connectivity index (χ4v) is 3.83. The molecule has 7 heteroatoms. The van der Waals surface area contributed by atoms with Gasteiger partial charge in [-0.15, -0.1) is 0 Å². The number of halogens is 1. The normalized spacial score (nSPS) is 17.0. The maximum Gasteiger partial charge on any atom is 0.240 e. The Kier molecular flexibility index (Phi) is 4.73. The first-order valence-corrected chi connectivity index (χ1v) is 9.04. The first-order chi connectivity index (χ1) is 11.5. The number of rotatable bonds is 5. The van der Waals surface area contributed by atoms with Crippen LogP contribution in [-0.2, 0) is 10.0 Å². The monoisotopic (exact) mass is 351 g/mol. The van der Waals surface area contributed by atoms with E-state index in [2.05, 4.69) is 4.72 Å². The van der Waals surface area contributed by atoms with Crippen LogP contribution in [0.15, 0.2) is 47.4 Å². The van der Waals surface area contributed by atoms with Gasteiger partial charge >= 0.3 is 0 Å². The Labute approximate surface area is 140 Å². The molecule has 0 radical (unpaired) electrons. The van der Waals surface area contributed by atoms with Crippen LogP contribution in [0.5, 0.6) is 11.5 Å². The summed E-state index contributed by atoms with van der Waals surface area (Å²) in [4.78, 5) is -0.0268. The highest BCUT2D eigenvalue weighted by Crippen LogP contribution is 2.33. The molecule has 24 heavy (non-hydrogen) atoms. The number of sulfonamides is 1. The second kappa shape index (κ2) is 6.78. The number of benzene rings is 2. The van der Waals surface area contributed by atoms with Crippen molar-refractivity contribution in [3.63, 3.8) is 0 Å². The second-order valence-corrected chi connectivity index (χ2v) is 7.29. The van der Waals surface area contributed by atoms with Gasteiger partial charge in [0.25, 0.3) is 0 Å². The third-order valence-electron chi connectivity index (χ3n) is 4.04. The summed E-state index contributed by atoms with van der Waals surface area (Å²) in [6.45, 7) is 0.802. The van der Waals surface area contributed by atoms with Gasteiger partial charge in [-0.05, 0) is 30.2 Å². The van der Waals surface area contributed by atoms with Crippen LogP contribution in [0.25, 0.3) is 0 Å². The molecular formula is C17H18FNO4S. The largest absolute Gasteiger partial charge is 0.494 e. The summed E-state index contributed by atoms with van der Waals surface area (Å²) >= 11 is 0. The molecule has 1 heterocycles. The molecular weight excluding hydrogens is 333 g/mol. The molecule has 1 aliphatic rings. The lowest BCUT2D eigenvalue weighted by atomic mass is 9.93. The lowest BCUT2D eigenvalue weighted by Crippen LogP contribution is -2.30. The number of hydrogen-bond donors (Lipinski definition) is 1. The number of hydrogen-bond acceptors (Lipinski definition) is 4. The van der Waals surface area contributed by atoms with E-state index in [4.69, 9.17) is 9.47 Å². The highest BCUT2D eigenvalue weighted by Gasteiger charge is 2.24. The fraction of sp³-hybridized carbons (Fsp3) is 0.294. The van der Waals surface area contributed by atoms with Crippen LogP contribution < -0.4 is 14.2 Å². The van der Waals surface area contributed by atoms with Gasteiger partial charge in [-0.3, -0.25) is 0 Å². The zero-order valence-corrected chi connectivity index (χ0v) is 14.0. The van der Waals surface area contributed by atoms with Gasteiger partial charge in [0.2, 0.25) is 10.0 Å². The molecule has 0 saturated heterocycles. The van der Waals surface area contributed by atoms with Crippen molar-refractivity contribution in [3.8, 4) is 11.5 Å². The third kappa shape index (κ3) is 3.37. The van der Waals surface area contributed by atoms with Crippen LogP contribution in [0.2, 0.25) is 0 Å². The minimum Gasteiger partial charge on any atom is -0.494 e. The van der Waals surface area contributed by atoms with Gasteiger partial charge in [0.15, 0.2) is 11.6 Å². The molecule has 1 unspecified atom stereocenters. The molecule has 0 spiro atoms. The molecule has 0 bridgehead atoms. The Bertz CT molecular complexity index is 838. The van der Waals surface area contributed by atoms with E-state index in [1.54, 1.807) is 0 Å². The van der Waals surface area contributed by atoms with E-state index in [1.807, 2.05) is 24.3 Å². The van der Waals surface area contributed by atoms with Gasteiger partial charge in [0.1, 0.15) is 5.75 Å². The number of methoxy groups -OCH3 is 1. The third-order valence-corrected chi connectivity index (χ3v) is 5.46. The summed E-state index contributed by atoms with van der Waals surface area (Å²) in [6, 6.07) is 11.1. The van der Waals surface area contributed by atoms with Gasteiger partial charge < -0.3 is 9.47 Å². The molecule has 2 aromatic rings. The van der Waals surface area contributed by atoms with Crippen molar-refractivity contribution in [1.29, 1.82) is 0 Å². The highest BCUT2D eigenvalue weighted by molar-refractivity contribution is 7.89. The predicted molar refractivity (Wildman–Crippen MR) is 87.4 cm³/mol. The van der Waals surface area contributed by atoms with Crippen LogP contribution in [-0.4, -0.2) is 28.7 Å². The van der Waals surface area contributed by atoms with Crippen molar-refractivity contribution < 1.29 is 22.3 Å². The molecule has 1 atom stereocenters. The summed E-state index contributed by atoms with van der Waals surface area (Å²) in [6.07, 6.45) is 0.728. The molecule has 0 amide bonds. The highest BCUT2D eigenvalue weighted by atomic mass is 32.2. The first-order valence-electron chi connectivity index (χ1n) is 7.56. The van der Waals surface area contributed by atoms with Crippen molar-refractivity contribution in [2.45, 2.75) is 17.2 Å². The molecule has 5 nitrogen and oxygen atoms in total. The van der Waals surface area contributed by atoms with Gasteiger partial charge in [-0.2, -0.15) is 0 Å². The van der Waals surface area contributed by atoms with E-state index in [0.29, 0.717) is 6.61 Å². The number of fused-ring (bicyclic) bond motifs is 1. The Morgan fingerprint density at radius 1 is 1.29 bits per heavy atom. The average Bonchev–Trinajstić information content (AvgIpc) is 2.60. The van der Waals surface area contributed by atoms with E-state index in [0.717, 1.165) is 23.8 Å². The molecule has 0 aliphatic carbocycles. The Morgan fingerprint density at radius 3 is 2.88 bits per heavy atom. The van der Waals surface area contributed by atoms with Crippen molar-refractivity contribution in [1.82, 2.24) is 4.72 Å². The molecule has 3 rings (SSSR count). The molecule has 0 saturated carbocycles. The quantitative estimate of drug-likeness (QED) is 0.899. The summed E-state index contributed by atoms with van der Waals surface area (Å²) < 4.78 is 51.3. The lowest BCUT2D eigenvalue weighted by molar-refractivity contribution is 0.267. The predicted octanol–water partition coefficient (Wildman–Crippen LogP) is 2.68. The van der Waals surface area contributed by atoms with E-state index in [9.17, 15) is 12.8 Å². The fourth-order valence-electron chi connectivity index (χ4n) is 2.73. The zero-order chi connectivity index (χ0) is 17.2. The number of ether oxygens (including phenoxy) is 2. The Hall–Kier alpha value is -2.12. The van der Waals surface area contributed by atoms with Crippen LogP contribution in [0.4, 0.5) is 4.39 Å².